The van der Waals surface area contributed by atoms with E-state index < -0.39 is 17.7 Å². The average molecular weight is 393 g/mol. The Bertz CT molecular complexity index is 695. The number of alkyl halides is 1. The molecule has 0 bridgehead atoms. The minimum Gasteiger partial charge on any atom is -0.347 e. The van der Waals surface area contributed by atoms with Crippen LogP contribution in [0.25, 0.3) is 0 Å². The molecule has 2 heterocycles. The Hall–Kier alpha value is -0.490. The third kappa shape index (κ3) is 2.15. The molecular formula is C23H33FO4. The number of ether oxygens (including phenoxy) is 4. The van der Waals surface area contributed by atoms with Crippen LogP contribution in [-0.4, -0.2) is 44.2 Å². The number of allylic oxidation sites excluding steroid dienone is 1. The van der Waals surface area contributed by atoms with Gasteiger partial charge in [-0.15, -0.1) is 0 Å². The Morgan fingerprint density at radius 1 is 0.964 bits per heavy atom. The fourth-order valence-electron chi connectivity index (χ4n) is 8.29. The first-order valence-corrected chi connectivity index (χ1v) is 11.3. The summed E-state index contributed by atoms with van der Waals surface area (Å²) in [5, 5.41) is 0. The highest BCUT2D eigenvalue weighted by molar-refractivity contribution is 5.28. The lowest BCUT2D eigenvalue weighted by Crippen LogP contribution is -2.59. The topological polar surface area (TPSA) is 36.9 Å². The minimum absolute atomic E-state index is 0.0721. The second-order valence-electron chi connectivity index (χ2n) is 10.6. The zero-order chi connectivity index (χ0) is 19.2. The molecule has 4 aliphatic carbocycles. The summed E-state index contributed by atoms with van der Waals surface area (Å²) in [6, 6.07) is 0. The van der Waals surface area contributed by atoms with Crippen LogP contribution in [0.3, 0.4) is 0 Å². The first-order valence-electron chi connectivity index (χ1n) is 11.3. The van der Waals surface area contributed by atoms with Gasteiger partial charge in [-0.1, -0.05) is 25.5 Å². The maximum absolute atomic E-state index is 16.0. The van der Waals surface area contributed by atoms with Crippen molar-refractivity contribution in [2.24, 2.45) is 28.6 Å². The predicted octanol–water partition coefficient (Wildman–Crippen LogP) is 4.38. The zero-order valence-corrected chi connectivity index (χ0v) is 17.2. The van der Waals surface area contributed by atoms with Gasteiger partial charge in [-0.25, -0.2) is 4.39 Å². The Balaban J connectivity index is 1.35. The summed E-state index contributed by atoms with van der Waals surface area (Å²) in [7, 11) is 0. The highest BCUT2D eigenvalue weighted by atomic mass is 19.1. The van der Waals surface area contributed by atoms with Crippen molar-refractivity contribution in [3.63, 3.8) is 0 Å². The molecule has 0 aromatic rings. The monoisotopic (exact) mass is 392 g/mol. The first kappa shape index (κ1) is 18.3. The van der Waals surface area contributed by atoms with Crippen LogP contribution >= 0.6 is 0 Å². The number of hydrogen-bond donors (Lipinski definition) is 0. The van der Waals surface area contributed by atoms with E-state index in [1.807, 2.05) is 0 Å². The standard InChI is InChI=1S/C23H33FO4/c1-20-7-8-22(25-9-10-26-22)13-15(20)3-4-16-17-5-6-23(27-11-12-28-23)21(17,2)14-18(24)19(16)20/h3,16-19H,4-14H2,1-2H3. The molecule has 0 radical (unpaired) electrons. The Kier molecular flexibility index (Phi) is 3.79. The maximum atomic E-state index is 16.0. The van der Waals surface area contributed by atoms with E-state index in [1.165, 1.54) is 5.57 Å². The fourth-order valence-corrected chi connectivity index (χ4v) is 8.29. The lowest BCUT2D eigenvalue weighted by atomic mass is 9.47. The lowest BCUT2D eigenvalue weighted by Gasteiger charge is -2.60. The van der Waals surface area contributed by atoms with Crippen molar-refractivity contribution < 1.29 is 23.3 Å². The van der Waals surface area contributed by atoms with Crippen molar-refractivity contribution in [3.8, 4) is 0 Å². The van der Waals surface area contributed by atoms with Gasteiger partial charge in [0.25, 0.3) is 0 Å². The Morgan fingerprint density at radius 2 is 1.68 bits per heavy atom. The second kappa shape index (κ2) is 5.81. The summed E-state index contributed by atoms with van der Waals surface area (Å²) in [5.41, 5.74) is 1.10. The molecule has 3 saturated carbocycles. The van der Waals surface area contributed by atoms with Crippen LogP contribution < -0.4 is 0 Å². The van der Waals surface area contributed by atoms with Crippen LogP contribution in [0.2, 0.25) is 0 Å². The largest absolute Gasteiger partial charge is 0.347 e. The van der Waals surface area contributed by atoms with Gasteiger partial charge >= 0.3 is 0 Å². The van der Waals surface area contributed by atoms with Gasteiger partial charge in [-0.3, -0.25) is 0 Å². The molecule has 4 nitrogen and oxygen atoms in total. The van der Waals surface area contributed by atoms with Crippen LogP contribution in [0.15, 0.2) is 11.6 Å². The molecule has 0 aromatic carbocycles. The molecule has 2 spiro atoms. The molecule has 156 valence electrons. The number of rotatable bonds is 0. The second-order valence-corrected chi connectivity index (χ2v) is 10.6. The van der Waals surface area contributed by atoms with Crippen LogP contribution in [-0.2, 0) is 18.9 Å². The number of hydrogen-bond acceptors (Lipinski definition) is 4. The van der Waals surface area contributed by atoms with E-state index in [0.29, 0.717) is 44.7 Å². The van der Waals surface area contributed by atoms with Gasteiger partial charge in [-0.05, 0) is 42.9 Å². The van der Waals surface area contributed by atoms with Crippen molar-refractivity contribution in [1.82, 2.24) is 0 Å². The number of halogens is 1. The summed E-state index contributed by atoms with van der Waals surface area (Å²) in [6.07, 6.45) is 7.84. The molecule has 6 aliphatic rings. The summed E-state index contributed by atoms with van der Waals surface area (Å²) in [6.45, 7) is 7.24. The molecule has 5 heteroatoms. The van der Waals surface area contributed by atoms with E-state index in [-0.39, 0.29) is 16.7 Å². The van der Waals surface area contributed by atoms with Gasteiger partial charge in [0.1, 0.15) is 6.17 Å². The normalized spacial score (nSPS) is 51.0. The summed E-state index contributed by atoms with van der Waals surface area (Å²) >= 11 is 0. The third-order valence-corrected chi connectivity index (χ3v) is 9.62. The van der Waals surface area contributed by atoms with Crippen molar-refractivity contribution in [3.05, 3.63) is 11.6 Å². The molecule has 6 unspecified atom stereocenters. The average Bonchev–Trinajstić information content (AvgIpc) is 3.38. The first-order chi connectivity index (χ1) is 13.4. The molecule has 0 amide bonds. The van der Waals surface area contributed by atoms with Gasteiger partial charge in [0.15, 0.2) is 11.6 Å². The van der Waals surface area contributed by atoms with Crippen molar-refractivity contribution in [1.29, 1.82) is 0 Å². The van der Waals surface area contributed by atoms with E-state index in [0.717, 1.165) is 38.5 Å². The Morgan fingerprint density at radius 3 is 2.43 bits per heavy atom. The van der Waals surface area contributed by atoms with Crippen LogP contribution in [0.1, 0.15) is 58.8 Å². The van der Waals surface area contributed by atoms with Gasteiger partial charge < -0.3 is 18.9 Å². The maximum Gasteiger partial charge on any atom is 0.174 e. The van der Waals surface area contributed by atoms with Crippen LogP contribution in [0.4, 0.5) is 4.39 Å². The van der Waals surface area contributed by atoms with Crippen LogP contribution in [0.5, 0.6) is 0 Å². The molecule has 6 rings (SSSR count). The van der Waals surface area contributed by atoms with Crippen molar-refractivity contribution in [2.75, 3.05) is 26.4 Å². The van der Waals surface area contributed by atoms with Gasteiger partial charge in [0, 0.05) is 30.6 Å². The van der Waals surface area contributed by atoms with Crippen LogP contribution in [0, 0.1) is 28.6 Å². The summed E-state index contributed by atoms with van der Waals surface area (Å²) < 4.78 is 40.3. The molecular weight excluding hydrogens is 359 g/mol. The highest BCUT2D eigenvalue weighted by Gasteiger charge is 2.69. The van der Waals surface area contributed by atoms with Gasteiger partial charge in [0.05, 0.1) is 26.4 Å². The predicted molar refractivity (Wildman–Crippen MR) is 101 cm³/mol. The molecule has 2 saturated heterocycles. The Labute approximate surface area is 167 Å². The smallest absolute Gasteiger partial charge is 0.174 e. The molecule has 5 fully saturated rings. The third-order valence-electron chi connectivity index (χ3n) is 9.62. The highest BCUT2D eigenvalue weighted by Crippen LogP contribution is 2.69. The minimum atomic E-state index is -0.804. The number of fused-ring (bicyclic) bond motifs is 6. The van der Waals surface area contributed by atoms with E-state index in [9.17, 15) is 0 Å². The molecule has 0 N–H and O–H groups in total. The van der Waals surface area contributed by atoms with E-state index in [1.54, 1.807) is 0 Å². The zero-order valence-electron chi connectivity index (χ0n) is 17.2. The molecule has 28 heavy (non-hydrogen) atoms. The molecule has 6 atom stereocenters. The molecule has 0 aromatic heterocycles. The molecule has 2 aliphatic heterocycles. The van der Waals surface area contributed by atoms with E-state index in [2.05, 4.69) is 19.9 Å². The lowest BCUT2D eigenvalue weighted by molar-refractivity contribution is -0.252. The summed E-state index contributed by atoms with van der Waals surface area (Å²) in [5.74, 6) is -0.0158. The van der Waals surface area contributed by atoms with E-state index in [4.69, 9.17) is 18.9 Å². The summed E-state index contributed by atoms with van der Waals surface area (Å²) in [4.78, 5) is 0. The van der Waals surface area contributed by atoms with Crippen molar-refractivity contribution in [2.45, 2.75) is 76.5 Å². The van der Waals surface area contributed by atoms with E-state index >= 15 is 4.39 Å². The quantitative estimate of drug-likeness (QED) is 0.573. The SMILES string of the molecule is CC12CCC3(CC1=CCC1C2C(F)CC2(C)C1CCC21OCCO1)OCCO3. The van der Waals surface area contributed by atoms with Gasteiger partial charge in [-0.2, -0.15) is 0 Å². The van der Waals surface area contributed by atoms with Gasteiger partial charge in [0.2, 0.25) is 0 Å². The fraction of sp³-hybridized carbons (Fsp3) is 0.913. The van der Waals surface area contributed by atoms with Crippen molar-refractivity contribution >= 4 is 0 Å².